The van der Waals surface area contributed by atoms with Crippen LogP contribution in [0.1, 0.15) is 27.6 Å². The Morgan fingerprint density at radius 2 is 1.38 bits per heavy atom. The molecule has 0 atom stereocenters. The van der Waals surface area contributed by atoms with E-state index in [4.69, 9.17) is 0 Å². The minimum atomic E-state index is -0.0996. The highest BCUT2D eigenvalue weighted by Gasteiger charge is 2.05. The zero-order valence-electron chi connectivity index (χ0n) is 14.5. The molecule has 0 bridgehead atoms. The molecule has 0 amide bonds. The van der Waals surface area contributed by atoms with Crippen molar-refractivity contribution in [2.24, 2.45) is 0 Å². The van der Waals surface area contributed by atoms with Crippen molar-refractivity contribution in [1.29, 1.82) is 0 Å². The van der Waals surface area contributed by atoms with E-state index in [0.717, 1.165) is 11.1 Å². The standard InChI is InChI=1S/C23H19NO2/c1-17(25)21-9-5-6-10-22(21)24-16-15-23(26)20-13-11-19(12-14-20)18-7-3-2-4-8-18/h2-16,24H,1H3. The fourth-order valence-corrected chi connectivity index (χ4v) is 2.68. The molecule has 3 heteroatoms. The first-order valence-electron chi connectivity index (χ1n) is 8.38. The van der Waals surface area contributed by atoms with Gasteiger partial charge in [-0.2, -0.15) is 0 Å². The third-order valence-electron chi connectivity index (χ3n) is 4.06. The molecular weight excluding hydrogens is 322 g/mol. The molecular formula is C23H19NO2. The van der Waals surface area contributed by atoms with Crippen molar-refractivity contribution in [2.75, 3.05) is 5.32 Å². The van der Waals surface area contributed by atoms with Gasteiger partial charge in [0, 0.05) is 29.1 Å². The summed E-state index contributed by atoms with van der Waals surface area (Å²) in [6, 6.07) is 24.7. The topological polar surface area (TPSA) is 46.2 Å². The molecule has 3 nitrogen and oxygen atoms in total. The quantitative estimate of drug-likeness (QED) is 0.484. The molecule has 0 aliphatic heterocycles. The van der Waals surface area contributed by atoms with Gasteiger partial charge in [0.2, 0.25) is 0 Å². The van der Waals surface area contributed by atoms with Gasteiger partial charge in [0.25, 0.3) is 0 Å². The lowest BCUT2D eigenvalue weighted by molar-refractivity contribution is 0.101. The monoisotopic (exact) mass is 341 g/mol. The highest BCUT2D eigenvalue weighted by molar-refractivity contribution is 6.05. The normalized spacial score (nSPS) is 10.7. The Kier molecular flexibility index (Phi) is 5.40. The minimum Gasteiger partial charge on any atom is -0.361 e. The van der Waals surface area contributed by atoms with E-state index in [1.807, 2.05) is 66.7 Å². The van der Waals surface area contributed by atoms with Crippen molar-refractivity contribution < 1.29 is 9.59 Å². The van der Waals surface area contributed by atoms with Gasteiger partial charge in [-0.3, -0.25) is 9.59 Å². The van der Waals surface area contributed by atoms with Crippen molar-refractivity contribution in [3.8, 4) is 11.1 Å². The molecule has 0 saturated carbocycles. The second-order valence-electron chi connectivity index (χ2n) is 5.89. The van der Waals surface area contributed by atoms with E-state index < -0.39 is 0 Å². The number of ketones is 2. The highest BCUT2D eigenvalue weighted by atomic mass is 16.1. The molecule has 0 aliphatic carbocycles. The van der Waals surface area contributed by atoms with E-state index in [-0.39, 0.29) is 11.6 Å². The van der Waals surface area contributed by atoms with Gasteiger partial charge in [0.05, 0.1) is 0 Å². The number of rotatable bonds is 6. The number of nitrogens with one attached hydrogen (secondary N) is 1. The van der Waals surface area contributed by atoms with Crippen LogP contribution in [0.4, 0.5) is 5.69 Å². The van der Waals surface area contributed by atoms with Gasteiger partial charge < -0.3 is 5.32 Å². The zero-order valence-corrected chi connectivity index (χ0v) is 14.5. The van der Waals surface area contributed by atoms with Gasteiger partial charge >= 0.3 is 0 Å². The van der Waals surface area contributed by atoms with E-state index in [0.29, 0.717) is 16.8 Å². The summed E-state index contributed by atoms with van der Waals surface area (Å²) in [6.07, 6.45) is 3.03. The molecule has 0 radical (unpaired) electrons. The van der Waals surface area contributed by atoms with Gasteiger partial charge in [0.15, 0.2) is 11.6 Å². The summed E-state index contributed by atoms with van der Waals surface area (Å²) in [5.74, 6) is -0.123. The Bertz CT molecular complexity index is 941. The number of benzene rings is 3. The minimum absolute atomic E-state index is 0.0238. The lowest BCUT2D eigenvalue weighted by Crippen LogP contribution is -2.00. The maximum atomic E-state index is 12.3. The molecule has 128 valence electrons. The maximum absolute atomic E-state index is 12.3. The summed E-state index contributed by atoms with van der Waals surface area (Å²) in [6.45, 7) is 1.52. The van der Waals surface area contributed by atoms with Crippen molar-refractivity contribution in [2.45, 2.75) is 6.92 Å². The molecule has 0 heterocycles. The molecule has 3 rings (SSSR count). The Morgan fingerprint density at radius 1 is 0.769 bits per heavy atom. The molecule has 0 aliphatic rings. The number of anilines is 1. The summed E-state index contributed by atoms with van der Waals surface area (Å²) in [5, 5.41) is 3.01. The second kappa shape index (κ2) is 8.08. The number of Topliss-reactive ketones (excluding diaryl/α,β-unsaturated/α-hetero) is 1. The molecule has 0 aromatic heterocycles. The molecule has 0 fully saturated rings. The van der Waals surface area contributed by atoms with Gasteiger partial charge in [-0.1, -0.05) is 66.7 Å². The molecule has 0 saturated heterocycles. The van der Waals surface area contributed by atoms with Gasteiger partial charge in [-0.25, -0.2) is 0 Å². The second-order valence-corrected chi connectivity index (χ2v) is 5.89. The van der Waals surface area contributed by atoms with E-state index in [1.165, 1.54) is 13.0 Å². The third kappa shape index (κ3) is 4.14. The summed E-state index contributed by atoms with van der Waals surface area (Å²) >= 11 is 0. The van der Waals surface area contributed by atoms with E-state index in [2.05, 4.69) is 5.32 Å². The fourth-order valence-electron chi connectivity index (χ4n) is 2.68. The van der Waals surface area contributed by atoms with Crippen LogP contribution in [-0.2, 0) is 0 Å². The number of carbonyl (C=O) groups is 2. The number of hydrogen-bond acceptors (Lipinski definition) is 3. The van der Waals surface area contributed by atoms with Crippen LogP contribution in [0.3, 0.4) is 0 Å². The summed E-state index contributed by atoms with van der Waals surface area (Å²) < 4.78 is 0. The van der Waals surface area contributed by atoms with Crippen LogP contribution in [-0.4, -0.2) is 11.6 Å². The van der Waals surface area contributed by atoms with Crippen molar-refractivity contribution in [1.82, 2.24) is 0 Å². The Hall–Kier alpha value is -3.46. The summed E-state index contributed by atoms with van der Waals surface area (Å²) in [7, 11) is 0. The zero-order chi connectivity index (χ0) is 18.4. The Balaban J connectivity index is 1.69. The fraction of sp³-hybridized carbons (Fsp3) is 0.0435. The first-order valence-corrected chi connectivity index (χ1v) is 8.38. The smallest absolute Gasteiger partial charge is 0.187 e. The van der Waals surface area contributed by atoms with Crippen LogP contribution >= 0.6 is 0 Å². The number of para-hydroxylation sites is 1. The average molecular weight is 341 g/mol. The molecule has 26 heavy (non-hydrogen) atoms. The average Bonchev–Trinajstić information content (AvgIpc) is 2.69. The van der Waals surface area contributed by atoms with Crippen LogP contribution in [0.25, 0.3) is 11.1 Å². The van der Waals surface area contributed by atoms with Crippen molar-refractivity contribution in [3.05, 3.63) is 102 Å². The number of hydrogen-bond donors (Lipinski definition) is 1. The molecule has 0 spiro atoms. The van der Waals surface area contributed by atoms with E-state index >= 15 is 0 Å². The van der Waals surface area contributed by atoms with Gasteiger partial charge in [-0.05, 0) is 30.2 Å². The Labute approximate surface area is 153 Å². The Morgan fingerprint density at radius 3 is 2.08 bits per heavy atom. The van der Waals surface area contributed by atoms with Crippen LogP contribution < -0.4 is 5.32 Å². The van der Waals surface area contributed by atoms with Crippen LogP contribution in [0.2, 0.25) is 0 Å². The largest absolute Gasteiger partial charge is 0.361 e. The number of carbonyl (C=O) groups excluding carboxylic acids is 2. The van der Waals surface area contributed by atoms with Crippen molar-refractivity contribution >= 4 is 17.3 Å². The van der Waals surface area contributed by atoms with Gasteiger partial charge in [0.1, 0.15) is 0 Å². The predicted octanol–water partition coefficient (Wildman–Crippen LogP) is 5.36. The van der Waals surface area contributed by atoms with Crippen molar-refractivity contribution in [3.63, 3.8) is 0 Å². The lowest BCUT2D eigenvalue weighted by Gasteiger charge is -2.06. The van der Waals surface area contributed by atoms with E-state index in [9.17, 15) is 9.59 Å². The number of allylic oxidation sites excluding steroid dienone is 1. The first-order chi connectivity index (χ1) is 12.6. The van der Waals surface area contributed by atoms with Gasteiger partial charge in [-0.15, -0.1) is 0 Å². The summed E-state index contributed by atoms with van der Waals surface area (Å²) in [4.78, 5) is 23.9. The van der Waals surface area contributed by atoms with Crippen LogP contribution in [0.15, 0.2) is 91.1 Å². The third-order valence-corrected chi connectivity index (χ3v) is 4.06. The van der Waals surface area contributed by atoms with Crippen LogP contribution in [0, 0.1) is 0 Å². The molecule has 3 aromatic carbocycles. The molecule has 1 N–H and O–H groups in total. The highest BCUT2D eigenvalue weighted by Crippen LogP contribution is 2.20. The lowest BCUT2D eigenvalue weighted by atomic mass is 10.0. The van der Waals surface area contributed by atoms with E-state index in [1.54, 1.807) is 18.3 Å². The molecule has 3 aromatic rings. The summed E-state index contributed by atoms with van der Waals surface area (Å²) in [5.41, 5.74) is 4.08. The van der Waals surface area contributed by atoms with Crippen LogP contribution in [0.5, 0.6) is 0 Å². The first kappa shape index (κ1) is 17.4. The SMILES string of the molecule is CC(=O)c1ccccc1NC=CC(=O)c1ccc(-c2ccccc2)cc1. The molecule has 0 unspecified atom stereocenters. The predicted molar refractivity (Wildman–Crippen MR) is 105 cm³/mol. The maximum Gasteiger partial charge on any atom is 0.187 e.